The van der Waals surface area contributed by atoms with Crippen LogP contribution in [-0.2, 0) is 0 Å². The third-order valence-electron chi connectivity index (χ3n) is 10.8. The van der Waals surface area contributed by atoms with Crippen LogP contribution in [0.4, 0.5) is 0 Å². The van der Waals surface area contributed by atoms with E-state index in [2.05, 4.69) is 136 Å². The van der Waals surface area contributed by atoms with Crippen molar-refractivity contribution in [2.24, 2.45) is 0 Å². The number of allylic oxidation sites excluding steroid dienone is 8. The van der Waals surface area contributed by atoms with Crippen LogP contribution in [0.5, 0.6) is 0 Å². The molecule has 0 saturated carbocycles. The van der Waals surface area contributed by atoms with Gasteiger partial charge in [0.05, 0.1) is 22.4 Å². The Morgan fingerprint density at radius 1 is 0.473 bits per heavy atom. The first-order chi connectivity index (χ1) is 27.2. The molecule has 262 valence electrons. The van der Waals surface area contributed by atoms with Crippen LogP contribution in [0.25, 0.3) is 78.1 Å². The van der Waals surface area contributed by atoms with E-state index in [0.29, 0.717) is 5.82 Å². The summed E-state index contributed by atoms with van der Waals surface area (Å²) in [5, 5.41) is 2.51. The summed E-state index contributed by atoms with van der Waals surface area (Å²) in [6, 6.07) is 43.2. The molecule has 4 aromatic carbocycles. The fourth-order valence-corrected chi connectivity index (χ4v) is 7.99. The molecule has 0 saturated heterocycles. The van der Waals surface area contributed by atoms with Gasteiger partial charge in [-0.1, -0.05) is 91.0 Å². The normalized spacial score (nSPS) is 14.1. The van der Waals surface area contributed by atoms with Crippen molar-refractivity contribution < 1.29 is 0 Å². The maximum absolute atomic E-state index is 5.04. The summed E-state index contributed by atoms with van der Waals surface area (Å²) in [7, 11) is 0. The van der Waals surface area contributed by atoms with Gasteiger partial charge in [0.25, 0.3) is 0 Å². The molecule has 2 aliphatic rings. The van der Waals surface area contributed by atoms with Gasteiger partial charge in [-0.15, -0.1) is 0 Å². The van der Waals surface area contributed by atoms with Gasteiger partial charge < -0.3 is 4.57 Å². The van der Waals surface area contributed by atoms with Crippen LogP contribution in [-0.4, -0.2) is 24.5 Å². The average Bonchev–Trinajstić information content (AvgIpc) is 3.61. The van der Waals surface area contributed by atoms with Crippen LogP contribution in [0, 0.1) is 0 Å². The Labute approximate surface area is 320 Å². The van der Waals surface area contributed by atoms with Crippen molar-refractivity contribution in [1.82, 2.24) is 24.5 Å². The van der Waals surface area contributed by atoms with E-state index in [9.17, 15) is 0 Å². The lowest BCUT2D eigenvalue weighted by Crippen LogP contribution is -2.00. The number of fused-ring (bicyclic) bond motifs is 3. The van der Waals surface area contributed by atoms with Crippen molar-refractivity contribution in [1.29, 1.82) is 0 Å². The SMILES string of the molecule is C1=CC(C2=CC=C(c3cc(-c4ccc(-c5nc(-c6ccncc6)cc(-c6ccncc6)n5)cc4)cc(-n4c5ccccc5c5ccccc54)c3)CC2)=CCC1. The molecule has 5 heteroatoms. The van der Waals surface area contributed by atoms with Gasteiger partial charge in [-0.25, -0.2) is 9.97 Å². The Morgan fingerprint density at radius 2 is 1.05 bits per heavy atom. The molecule has 2 aliphatic carbocycles. The van der Waals surface area contributed by atoms with E-state index in [-0.39, 0.29) is 0 Å². The molecule has 5 nitrogen and oxygen atoms in total. The zero-order valence-corrected chi connectivity index (χ0v) is 30.3. The predicted molar refractivity (Wildman–Crippen MR) is 225 cm³/mol. The lowest BCUT2D eigenvalue weighted by atomic mass is 9.87. The highest BCUT2D eigenvalue weighted by Crippen LogP contribution is 2.38. The summed E-state index contributed by atoms with van der Waals surface area (Å²) < 4.78 is 2.42. The highest BCUT2D eigenvalue weighted by molar-refractivity contribution is 6.09. The van der Waals surface area contributed by atoms with Crippen LogP contribution >= 0.6 is 0 Å². The summed E-state index contributed by atoms with van der Waals surface area (Å²) in [6.07, 6.45) is 23.1. The zero-order valence-electron chi connectivity index (χ0n) is 30.3. The van der Waals surface area contributed by atoms with Gasteiger partial charge in [0.15, 0.2) is 5.82 Å². The van der Waals surface area contributed by atoms with Crippen molar-refractivity contribution in [2.75, 3.05) is 0 Å². The van der Waals surface area contributed by atoms with Gasteiger partial charge in [-0.3, -0.25) is 9.97 Å². The molecule has 55 heavy (non-hydrogen) atoms. The van der Waals surface area contributed by atoms with Crippen LogP contribution in [0.2, 0.25) is 0 Å². The topological polar surface area (TPSA) is 56.5 Å². The van der Waals surface area contributed by atoms with Crippen molar-refractivity contribution in [3.63, 3.8) is 0 Å². The number of hydrogen-bond acceptors (Lipinski definition) is 4. The van der Waals surface area contributed by atoms with E-state index in [4.69, 9.17) is 9.97 Å². The smallest absolute Gasteiger partial charge is 0.160 e. The van der Waals surface area contributed by atoms with Crippen molar-refractivity contribution in [3.05, 3.63) is 193 Å². The van der Waals surface area contributed by atoms with Gasteiger partial charge >= 0.3 is 0 Å². The standard InChI is InChI=1S/C50H37N5/c1-2-8-34(9-3-1)35-14-16-36(17-15-35)41-30-42(32-43(31-41)55-48-12-6-4-10-44(48)45-11-5-7-13-49(45)55)37-18-20-40(21-19-37)50-53-46(38-22-26-51-27-23-38)33-47(54-50)39-24-28-52-29-25-39/h2,4-14,16,18-33H,1,3,15,17H2. The third-order valence-corrected chi connectivity index (χ3v) is 10.8. The molecule has 0 bridgehead atoms. The second-order valence-corrected chi connectivity index (χ2v) is 14.2. The fraction of sp³-hybridized carbons (Fsp3) is 0.0800. The van der Waals surface area contributed by atoms with Crippen molar-refractivity contribution in [3.8, 4) is 50.7 Å². The van der Waals surface area contributed by atoms with Crippen LogP contribution in [0.3, 0.4) is 0 Å². The molecule has 4 aromatic heterocycles. The Hall–Kier alpha value is -6.98. The van der Waals surface area contributed by atoms with Gasteiger partial charge in [0.1, 0.15) is 0 Å². The second-order valence-electron chi connectivity index (χ2n) is 14.2. The summed E-state index contributed by atoms with van der Waals surface area (Å²) in [6.45, 7) is 0. The van der Waals surface area contributed by atoms with Crippen LogP contribution in [0.15, 0.2) is 188 Å². The minimum atomic E-state index is 0.672. The number of aromatic nitrogens is 5. The Bertz CT molecular complexity index is 2730. The Morgan fingerprint density at radius 3 is 1.65 bits per heavy atom. The number of rotatable bonds is 7. The number of benzene rings is 4. The van der Waals surface area contributed by atoms with E-state index in [1.165, 1.54) is 49.7 Å². The van der Waals surface area contributed by atoms with Gasteiger partial charge in [-0.05, 0) is 120 Å². The molecular formula is C50H37N5. The number of hydrogen-bond donors (Lipinski definition) is 0. The zero-order chi connectivity index (χ0) is 36.6. The van der Waals surface area contributed by atoms with Crippen molar-refractivity contribution >= 4 is 27.4 Å². The maximum Gasteiger partial charge on any atom is 0.160 e. The highest BCUT2D eigenvalue weighted by Gasteiger charge is 2.18. The minimum Gasteiger partial charge on any atom is -0.309 e. The molecule has 0 aliphatic heterocycles. The van der Waals surface area contributed by atoms with E-state index in [1.807, 2.05) is 30.3 Å². The summed E-state index contributed by atoms with van der Waals surface area (Å²) >= 11 is 0. The summed E-state index contributed by atoms with van der Waals surface area (Å²) in [4.78, 5) is 18.5. The molecule has 0 spiro atoms. The van der Waals surface area contributed by atoms with Gasteiger partial charge in [0.2, 0.25) is 0 Å². The second kappa shape index (κ2) is 14.1. The Kier molecular flexibility index (Phi) is 8.37. The monoisotopic (exact) mass is 707 g/mol. The quantitative estimate of drug-likeness (QED) is 0.165. The molecule has 8 aromatic rings. The summed E-state index contributed by atoms with van der Waals surface area (Å²) in [5.74, 6) is 0.672. The lowest BCUT2D eigenvalue weighted by Gasteiger charge is -2.19. The lowest BCUT2D eigenvalue weighted by molar-refractivity contribution is 0.962. The molecule has 0 radical (unpaired) electrons. The maximum atomic E-state index is 5.04. The van der Waals surface area contributed by atoms with E-state index >= 15 is 0 Å². The van der Waals surface area contributed by atoms with E-state index in [0.717, 1.165) is 65.0 Å². The molecule has 10 rings (SSSR count). The third kappa shape index (κ3) is 6.30. The largest absolute Gasteiger partial charge is 0.309 e. The van der Waals surface area contributed by atoms with Crippen LogP contribution in [0.1, 0.15) is 31.2 Å². The molecule has 0 fully saturated rings. The number of nitrogens with zero attached hydrogens (tertiary/aromatic N) is 5. The molecule has 0 unspecified atom stereocenters. The first-order valence-corrected chi connectivity index (χ1v) is 19.0. The fourth-order valence-electron chi connectivity index (χ4n) is 7.99. The molecule has 0 atom stereocenters. The molecule has 4 heterocycles. The van der Waals surface area contributed by atoms with Crippen LogP contribution < -0.4 is 0 Å². The Balaban J connectivity index is 1.09. The molecular weight excluding hydrogens is 671 g/mol. The average molecular weight is 708 g/mol. The predicted octanol–water partition coefficient (Wildman–Crippen LogP) is 12.4. The first-order valence-electron chi connectivity index (χ1n) is 19.0. The highest BCUT2D eigenvalue weighted by atomic mass is 15.0. The van der Waals surface area contributed by atoms with Crippen molar-refractivity contribution in [2.45, 2.75) is 25.7 Å². The minimum absolute atomic E-state index is 0.672. The molecule has 0 amide bonds. The number of para-hydroxylation sites is 2. The van der Waals surface area contributed by atoms with E-state index in [1.54, 1.807) is 24.8 Å². The van der Waals surface area contributed by atoms with Gasteiger partial charge in [-0.2, -0.15) is 0 Å². The number of pyridine rings is 2. The van der Waals surface area contributed by atoms with E-state index < -0.39 is 0 Å². The van der Waals surface area contributed by atoms with Gasteiger partial charge in [0, 0.05) is 57.9 Å². The first kappa shape index (κ1) is 32.7. The summed E-state index contributed by atoms with van der Waals surface area (Å²) in [5.41, 5.74) is 15.9. The molecule has 0 N–H and O–H groups in total.